The minimum absolute atomic E-state index is 0.294. The molecular weight excluding hydrogens is 414 g/mol. The first-order valence-corrected chi connectivity index (χ1v) is 9.65. The van der Waals surface area contributed by atoms with Crippen LogP contribution in [-0.2, 0) is 21.2 Å². The molecule has 1 aromatic carbocycles. The first-order valence-electron chi connectivity index (χ1n) is 8.12. The van der Waals surface area contributed by atoms with E-state index in [-0.39, 0.29) is 5.69 Å². The first kappa shape index (κ1) is 21.1. The van der Waals surface area contributed by atoms with Crippen LogP contribution in [0.3, 0.4) is 0 Å². The lowest BCUT2D eigenvalue weighted by Gasteiger charge is -2.38. The van der Waals surface area contributed by atoms with Crippen LogP contribution in [0.1, 0.15) is 24.1 Å². The van der Waals surface area contributed by atoms with Crippen molar-refractivity contribution < 1.29 is 32.0 Å². The molecule has 13 heteroatoms. The van der Waals surface area contributed by atoms with Crippen molar-refractivity contribution in [2.75, 3.05) is 0 Å². The maximum absolute atomic E-state index is 14.8. The zero-order valence-corrected chi connectivity index (χ0v) is 15.7. The van der Waals surface area contributed by atoms with Gasteiger partial charge in [-0.15, -0.1) is 0 Å². The molecule has 2 N–H and O–H groups in total. The number of hydrogen-bond donors (Lipinski definition) is 2. The molecule has 0 saturated heterocycles. The summed E-state index contributed by atoms with van der Waals surface area (Å²) in [7, 11) is -5.28. The van der Waals surface area contributed by atoms with Gasteiger partial charge in [0.2, 0.25) is 0 Å². The third-order valence-electron chi connectivity index (χ3n) is 4.34. The summed E-state index contributed by atoms with van der Waals surface area (Å²) in [5.74, 6) is -4.25. The topological polar surface area (TPSA) is 123 Å². The van der Waals surface area contributed by atoms with Gasteiger partial charge < -0.3 is 9.79 Å². The van der Waals surface area contributed by atoms with Gasteiger partial charge in [-0.25, -0.2) is 37.4 Å². The molecule has 0 aliphatic heterocycles. The van der Waals surface area contributed by atoms with E-state index < -0.39 is 48.9 Å². The number of aromatic nitrogens is 5. The zero-order valence-electron chi connectivity index (χ0n) is 14.9. The Balaban J connectivity index is 2.29. The molecule has 3 rings (SSSR count). The number of halogens is 3. The Morgan fingerprint density at radius 1 is 1.21 bits per heavy atom. The van der Waals surface area contributed by atoms with Crippen molar-refractivity contribution in [2.45, 2.75) is 25.0 Å². The van der Waals surface area contributed by atoms with E-state index in [1.165, 1.54) is 13.3 Å². The lowest BCUT2D eigenvalue weighted by molar-refractivity contribution is -0.0125. The molecular formula is C16H15F3N5O4P. The molecule has 2 unspecified atom stereocenters. The second kappa shape index (κ2) is 7.99. The van der Waals surface area contributed by atoms with Gasteiger partial charge in [0, 0.05) is 17.5 Å². The maximum Gasteiger partial charge on any atom is 0.470 e. The third kappa shape index (κ3) is 4.51. The van der Waals surface area contributed by atoms with Crippen LogP contribution >= 0.6 is 7.82 Å². The van der Waals surface area contributed by atoms with Gasteiger partial charge in [-0.3, -0.25) is 4.52 Å². The van der Waals surface area contributed by atoms with E-state index in [1.807, 2.05) is 0 Å². The van der Waals surface area contributed by atoms with Crippen LogP contribution in [0.25, 0.3) is 0 Å². The van der Waals surface area contributed by atoms with E-state index in [9.17, 15) is 27.5 Å². The molecule has 0 saturated carbocycles. The summed E-state index contributed by atoms with van der Waals surface area (Å²) >= 11 is 0. The highest BCUT2D eigenvalue weighted by Crippen LogP contribution is 2.52. The minimum Gasteiger partial charge on any atom is -0.303 e. The first-order chi connectivity index (χ1) is 13.6. The normalized spacial score (nSPS) is 15.1. The van der Waals surface area contributed by atoms with Crippen LogP contribution in [0.15, 0.2) is 43.4 Å². The quantitative estimate of drug-likeness (QED) is 0.549. The van der Waals surface area contributed by atoms with Crippen molar-refractivity contribution in [3.05, 3.63) is 72.1 Å². The summed E-state index contributed by atoms with van der Waals surface area (Å²) in [5.41, 5.74) is -2.96. The van der Waals surface area contributed by atoms with Crippen LogP contribution in [0.4, 0.5) is 13.2 Å². The van der Waals surface area contributed by atoms with E-state index in [0.717, 1.165) is 35.7 Å². The van der Waals surface area contributed by atoms with E-state index in [1.54, 1.807) is 0 Å². The Kier molecular flexibility index (Phi) is 5.80. The van der Waals surface area contributed by atoms with Crippen molar-refractivity contribution in [2.24, 2.45) is 0 Å². The van der Waals surface area contributed by atoms with E-state index in [2.05, 4.69) is 20.1 Å². The Labute approximate surface area is 162 Å². The number of hydrogen-bond acceptors (Lipinski definition) is 6. The molecule has 0 aliphatic carbocycles. The van der Waals surface area contributed by atoms with Gasteiger partial charge >= 0.3 is 7.82 Å². The average molecular weight is 429 g/mol. The van der Waals surface area contributed by atoms with Gasteiger partial charge in [0.05, 0.1) is 18.4 Å². The second-order valence-electron chi connectivity index (χ2n) is 6.17. The summed E-state index contributed by atoms with van der Waals surface area (Å²) in [6.45, 7) is 0.839. The summed E-state index contributed by atoms with van der Waals surface area (Å²) < 4.78 is 60.7. The summed E-state index contributed by atoms with van der Waals surface area (Å²) in [5, 5.41) is 3.85. The fourth-order valence-corrected chi connectivity index (χ4v) is 3.81. The predicted octanol–water partition coefficient (Wildman–Crippen LogP) is 2.29. The molecule has 29 heavy (non-hydrogen) atoms. The standard InChI is InChI=1S/C16H15F3N5O4P/c1-10(15-14(19)5-20-7-22-15)16(28-29(25,26)27,6-24-9-21-8-23-24)12-3-2-11(17)4-13(12)18/h2-5,7-10H,6H2,1H3,(H2,25,26,27). The van der Waals surface area contributed by atoms with Crippen LogP contribution in [0.2, 0.25) is 0 Å². The number of nitrogens with zero attached hydrogens (tertiary/aromatic N) is 5. The molecule has 0 bridgehead atoms. The van der Waals surface area contributed by atoms with E-state index in [4.69, 9.17) is 4.52 Å². The number of phosphoric ester groups is 1. The molecule has 154 valence electrons. The Morgan fingerprint density at radius 3 is 2.55 bits per heavy atom. The molecule has 0 radical (unpaired) electrons. The Morgan fingerprint density at radius 2 is 1.97 bits per heavy atom. The van der Waals surface area contributed by atoms with Crippen molar-refractivity contribution in [3.63, 3.8) is 0 Å². The number of phosphoric acid groups is 1. The van der Waals surface area contributed by atoms with Crippen molar-refractivity contribution in [1.82, 2.24) is 24.7 Å². The molecule has 9 nitrogen and oxygen atoms in total. The Bertz CT molecular complexity index is 1050. The van der Waals surface area contributed by atoms with Crippen LogP contribution in [0.5, 0.6) is 0 Å². The summed E-state index contributed by atoms with van der Waals surface area (Å²) in [6.07, 6.45) is 4.20. The summed E-state index contributed by atoms with van der Waals surface area (Å²) in [6, 6.07) is 2.38. The Hall–Kier alpha value is -2.66. The lowest BCUT2D eigenvalue weighted by atomic mass is 9.79. The third-order valence-corrected chi connectivity index (χ3v) is 4.90. The number of benzene rings is 1. The van der Waals surface area contributed by atoms with Gasteiger partial charge in [0.25, 0.3) is 0 Å². The highest BCUT2D eigenvalue weighted by Gasteiger charge is 2.49. The van der Waals surface area contributed by atoms with Crippen molar-refractivity contribution >= 4 is 7.82 Å². The van der Waals surface area contributed by atoms with E-state index in [0.29, 0.717) is 6.07 Å². The highest BCUT2D eigenvalue weighted by atomic mass is 31.2. The van der Waals surface area contributed by atoms with Gasteiger partial charge in [0.15, 0.2) is 5.82 Å². The maximum atomic E-state index is 14.8. The number of rotatable bonds is 7. The van der Waals surface area contributed by atoms with E-state index >= 15 is 0 Å². The molecule has 2 aromatic heterocycles. The minimum atomic E-state index is -5.28. The largest absolute Gasteiger partial charge is 0.470 e. The lowest BCUT2D eigenvalue weighted by Crippen LogP contribution is -2.41. The molecule has 0 amide bonds. The van der Waals surface area contributed by atoms with Crippen molar-refractivity contribution in [1.29, 1.82) is 0 Å². The molecule has 3 aromatic rings. The van der Waals surface area contributed by atoms with Gasteiger partial charge in [0.1, 0.15) is 36.2 Å². The van der Waals surface area contributed by atoms with Crippen molar-refractivity contribution in [3.8, 4) is 0 Å². The smallest absolute Gasteiger partial charge is 0.303 e. The molecule has 2 heterocycles. The van der Waals surface area contributed by atoms with Crippen LogP contribution in [-0.4, -0.2) is 34.5 Å². The second-order valence-corrected chi connectivity index (χ2v) is 7.33. The predicted molar refractivity (Wildman–Crippen MR) is 91.6 cm³/mol. The fraction of sp³-hybridized carbons (Fsp3) is 0.250. The molecule has 0 aliphatic rings. The molecule has 2 atom stereocenters. The monoisotopic (exact) mass is 429 g/mol. The van der Waals surface area contributed by atoms with Crippen LogP contribution < -0.4 is 0 Å². The highest BCUT2D eigenvalue weighted by molar-refractivity contribution is 7.46. The molecule has 0 fully saturated rings. The van der Waals surface area contributed by atoms with Gasteiger partial charge in [-0.2, -0.15) is 5.10 Å². The fourth-order valence-electron chi connectivity index (χ4n) is 3.07. The van der Waals surface area contributed by atoms with Crippen LogP contribution in [0, 0.1) is 17.5 Å². The zero-order chi connectivity index (χ0) is 21.2. The van der Waals surface area contributed by atoms with Gasteiger partial charge in [-0.1, -0.05) is 13.0 Å². The molecule has 0 spiro atoms. The summed E-state index contributed by atoms with van der Waals surface area (Å²) in [4.78, 5) is 30.2. The SMILES string of the molecule is CC(c1ncncc1F)C(Cn1cncn1)(OP(=O)(O)O)c1ccc(F)cc1F. The van der Waals surface area contributed by atoms with Gasteiger partial charge in [-0.05, 0) is 6.07 Å². The average Bonchev–Trinajstić information content (AvgIpc) is 3.12.